The molecule has 0 unspecified atom stereocenters. The molecule has 0 bridgehead atoms. The molecule has 3 heteroatoms. The van der Waals surface area contributed by atoms with Crippen molar-refractivity contribution < 1.29 is 4.79 Å². The number of carbonyl (C=O) groups excluding carboxylic acids is 1. The number of ketones is 1. The molecule has 0 aliphatic rings. The minimum absolute atomic E-state index is 0.0276. The van der Waals surface area contributed by atoms with Crippen LogP contribution in [0.4, 0.5) is 0 Å². The summed E-state index contributed by atoms with van der Waals surface area (Å²) in [5.41, 5.74) is 2.29. The minimum Gasteiger partial charge on any atom is -0.289 e. The van der Waals surface area contributed by atoms with Crippen molar-refractivity contribution in [2.75, 3.05) is 0 Å². The van der Waals surface area contributed by atoms with Gasteiger partial charge in [0, 0.05) is 20.6 Å². The fourth-order valence-corrected chi connectivity index (χ4v) is 2.94. The maximum Gasteiger partial charge on any atom is 0.193 e. The van der Waals surface area contributed by atoms with Gasteiger partial charge in [0.15, 0.2) is 5.78 Å². The second-order valence-corrected chi connectivity index (χ2v) is 4.76. The first-order chi connectivity index (χ1) is 8.24. The van der Waals surface area contributed by atoms with Crippen LogP contribution in [0.15, 0.2) is 48.5 Å². The Morgan fingerprint density at radius 1 is 1.06 bits per heavy atom. The summed E-state index contributed by atoms with van der Waals surface area (Å²) in [5, 5.41) is 0.654. The Balaban J connectivity index is 2.48. The number of benzene rings is 2. The van der Waals surface area contributed by atoms with Crippen molar-refractivity contribution in [1.82, 2.24) is 0 Å². The fourth-order valence-electron chi connectivity index (χ4n) is 1.65. The van der Waals surface area contributed by atoms with Crippen LogP contribution >= 0.6 is 34.2 Å². The van der Waals surface area contributed by atoms with Crippen molar-refractivity contribution in [3.05, 3.63) is 70.2 Å². The molecule has 2 aromatic carbocycles. The first-order valence-electron chi connectivity index (χ1n) is 5.17. The van der Waals surface area contributed by atoms with Gasteiger partial charge in [0.25, 0.3) is 0 Å². The number of carbonyl (C=O) groups is 1. The van der Waals surface area contributed by atoms with E-state index in [1.54, 1.807) is 0 Å². The molecule has 0 spiro atoms. The maximum atomic E-state index is 12.3. The summed E-state index contributed by atoms with van der Waals surface area (Å²) in [6.45, 7) is 0. The first kappa shape index (κ1) is 12.6. The molecule has 0 radical (unpaired) electrons. The van der Waals surface area contributed by atoms with E-state index in [0.717, 1.165) is 9.99 Å². The highest BCUT2D eigenvalue weighted by Crippen LogP contribution is 2.24. The number of hydrogen-bond donors (Lipinski definition) is 0. The van der Waals surface area contributed by atoms with Gasteiger partial charge in [-0.1, -0.05) is 76.7 Å². The Kier molecular flexibility index (Phi) is 4.18. The molecule has 17 heavy (non-hydrogen) atoms. The Morgan fingerprint density at radius 2 is 1.76 bits per heavy atom. The van der Waals surface area contributed by atoms with Crippen molar-refractivity contribution in [3.63, 3.8) is 0 Å². The number of halogens is 2. The van der Waals surface area contributed by atoms with Crippen LogP contribution in [-0.2, 0) is 4.43 Å². The molecule has 0 aliphatic carbocycles. The highest BCUT2D eigenvalue weighted by molar-refractivity contribution is 14.1. The molecule has 2 rings (SSSR count). The van der Waals surface area contributed by atoms with Crippen LogP contribution in [0.5, 0.6) is 0 Å². The summed E-state index contributed by atoms with van der Waals surface area (Å²) >= 11 is 8.32. The summed E-state index contributed by atoms with van der Waals surface area (Å²) in [7, 11) is 0. The quantitative estimate of drug-likeness (QED) is 0.449. The zero-order valence-corrected chi connectivity index (χ0v) is 11.9. The van der Waals surface area contributed by atoms with Crippen molar-refractivity contribution in [1.29, 1.82) is 0 Å². The molecule has 0 saturated carbocycles. The van der Waals surface area contributed by atoms with Gasteiger partial charge in [0.05, 0.1) is 0 Å². The Labute approximate surface area is 119 Å². The van der Waals surface area contributed by atoms with Gasteiger partial charge in [-0.25, -0.2) is 0 Å². The van der Waals surface area contributed by atoms with E-state index in [1.807, 2.05) is 48.5 Å². The van der Waals surface area contributed by atoms with Crippen molar-refractivity contribution in [2.24, 2.45) is 0 Å². The van der Waals surface area contributed by atoms with E-state index in [-0.39, 0.29) is 5.78 Å². The monoisotopic (exact) mass is 356 g/mol. The summed E-state index contributed by atoms with van der Waals surface area (Å²) in [6, 6.07) is 14.7. The van der Waals surface area contributed by atoms with E-state index in [9.17, 15) is 4.79 Å². The molecule has 0 aromatic heterocycles. The predicted molar refractivity (Wildman–Crippen MR) is 79.1 cm³/mol. The molecule has 86 valence electrons. The topological polar surface area (TPSA) is 17.1 Å². The number of rotatable bonds is 3. The van der Waals surface area contributed by atoms with Gasteiger partial charge in [0.1, 0.15) is 0 Å². The van der Waals surface area contributed by atoms with Gasteiger partial charge in [0.2, 0.25) is 0 Å². The third-order valence-corrected chi connectivity index (χ3v) is 3.65. The third kappa shape index (κ3) is 2.69. The zero-order chi connectivity index (χ0) is 12.3. The molecule has 1 nitrogen and oxygen atoms in total. The normalized spacial score (nSPS) is 10.2. The van der Waals surface area contributed by atoms with E-state index in [1.165, 1.54) is 0 Å². The van der Waals surface area contributed by atoms with Gasteiger partial charge in [-0.15, -0.1) is 0 Å². The summed E-state index contributed by atoms with van der Waals surface area (Å²) in [4.78, 5) is 12.3. The number of alkyl halides is 1. The van der Waals surface area contributed by atoms with Crippen LogP contribution in [-0.4, -0.2) is 5.78 Å². The van der Waals surface area contributed by atoms with Crippen LogP contribution in [0.3, 0.4) is 0 Å². The average molecular weight is 357 g/mol. The summed E-state index contributed by atoms with van der Waals surface area (Å²) in [6.07, 6.45) is 0. The van der Waals surface area contributed by atoms with Crippen LogP contribution in [0, 0.1) is 0 Å². The van der Waals surface area contributed by atoms with E-state index < -0.39 is 0 Å². The highest BCUT2D eigenvalue weighted by Gasteiger charge is 2.14. The molecule has 0 atom stereocenters. The van der Waals surface area contributed by atoms with Crippen molar-refractivity contribution in [3.8, 4) is 0 Å². The highest BCUT2D eigenvalue weighted by atomic mass is 127. The van der Waals surface area contributed by atoms with Crippen LogP contribution in [0.25, 0.3) is 0 Å². The summed E-state index contributed by atoms with van der Waals surface area (Å²) < 4.78 is 0.728. The Bertz CT molecular complexity index is 537. The van der Waals surface area contributed by atoms with Crippen LogP contribution in [0.2, 0.25) is 5.02 Å². The van der Waals surface area contributed by atoms with Crippen molar-refractivity contribution in [2.45, 2.75) is 4.43 Å². The lowest BCUT2D eigenvalue weighted by molar-refractivity contribution is 0.103. The van der Waals surface area contributed by atoms with Gasteiger partial charge in [-0.05, 0) is 11.6 Å². The second kappa shape index (κ2) is 5.65. The lowest BCUT2D eigenvalue weighted by Crippen LogP contribution is -2.04. The molecule has 0 N–H and O–H groups in total. The predicted octanol–water partition coefficient (Wildman–Crippen LogP) is 4.51. The second-order valence-electron chi connectivity index (χ2n) is 3.59. The zero-order valence-electron chi connectivity index (χ0n) is 8.99. The molecule has 0 fully saturated rings. The smallest absolute Gasteiger partial charge is 0.193 e. The van der Waals surface area contributed by atoms with Gasteiger partial charge in [-0.2, -0.15) is 0 Å². The summed E-state index contributed by atoms with van der Waals surface area (Å²) in [5.74, 6) is 0.0276. The largest absolute Gasteiger partial charge is 0.289 e. The molecule has 0 amide bonds. The molecular weight excluding hydrogens is 347 g/mol. The van der Waals surface area contributed by atoms with E-state index >= 15 is 0 Å². The van der Waals surface area contributed by atoms with Gasteiger partial charge >= 0.3 is 0 Å². The van der Waals surface area contributed by atoms with E-state index in [2.05, 4.69) is 22.6 Å². The lowest BCUT2D eigenvalue weighted by atomic mass is 9.99. The maximum absolute atomic E-state index is 12.3. The first-order valence-corrected chi connectivity index (χ1v) is 7.07. The number of hydrogen-bond acceptors (Lipinski definition) is 1. The van der Waals surface area contributed by atoms with Crippen LogP contribution in [0.1, 0.15) is 21.5 Å². The molecular formula is C14H10ClIO. The Morgan fingerprint density at radius 3 is 2.41 bits per heavy atom. The molecule has 0 heterocycles. The van der Waals surface area contributed by atoms with Crippen molar-refractivity contribution >= 4 is 40.0 Å². The minimum atomic E-state index is 0.0276. The van der Waals surface area contributed by atoms with Gasteiger partial charge in [-0.3, -0.25) is 4.79 Å². The average Bonchev–Trinajstić information content (AvgIpc) is 2.38. The lowest BCUT2D eigenvalue weighted by Gasteiger charge is -2.08. The Hall–Kier alpha value is -0.870. The molecule has 0 saturated heterocycles. The van der Waals surface area contributed by atoms with Gasteiger partial charge < -0.3 is 0 Å². The SMILES string of the molecule is O=C(c1ccccc1)c1cccc(Cl)c1CI. The van der Waals surface area contributed by atoms with E-state index in [0.29, 0.717) is 16.1 Å². The third-order valence-electron chi connectivity index (χ3n) is 2.53. The van der Waals surface area contributed by atoms with Crippen LogP contribution < -0.4 is 0 Å². The molecule has 2 aromatic rings. The standard InChI is InChI=1S/C14H10ClIO/c15-13-8-4-7-11(12(13)9-16)14(17)10-5-2-1-3-6-10/h1-8H,9H2. The molecule has 0 aliphatic heterocycles. The van der Waals surface area contributed by atoms with E-state index in [4.69, 9.17) is 11.6 Å². The fraction of sp³-hybridized carbons (Fsp3) is 0.0714.